The number of rotatable bonds is 3. The normalized spacial score (nSPS) is 21.4. The molecule has 0 unspecified atom stereocenters. The van der Waals surface area contributed by atoms with Gasteiger partial charge in [0.1, 0.15) is 5.54 Å². The molecule has 2 fully saturated rings. The van der Waals surface area contributed by atoms with Crippen molar-refractivity contribution in [2.45, 2.75) is 43.5 Å². The molecule has 3 amide bonds. The predicted molar refractivity (Wildman–Crippen MR) is 77.8 cm³/mol. The highest BCUT2D eigenvalue weighted by molar-refractivity contribution is 6.07. The van der Waals surface area contributed by atoms with Crippen molar-refractivity contribution in [2.75, 3.05) is 6.54 Å². The molecular formula is C16H17F3N2O3. The van der Waals surface area contributed by atoms with Crippen molar-refractivity contribution >= 4 is 11.9 Å². The van der Waals surface area contributed by atoms with Crippen LogP contribution >= 0.6 is 0 Å². The number of benzene rings is 1. The van der Waals surface area contributed by atoms with Gasteiger partial charge >= 0.3 is 12.2 Å². The molecule has 2 N–H and O–H groups in total. The number of aliphatic hydroxyl groups is 1. The molecule has 5 nitrogen and oxygen atoms in total. The van der Waals surface area contributed by atoms with Gasteiger partial charge in [-0.25, -0.2) is 4.79 Å². The first-order valence-corrected chi connectivity index (χ1v) is 7.72. The summed E-state index contributed by atoms with van der Waals surface area (Å²) in [5.41, 5.74) is -1.77. The molecule has 1 saturated heterocycles. The number of nitrogens with one attached hydrogen (secondary N) is 1. The zero-order valence-corrected chi connectivity index (χ0v) is 12.8. The molecule has 130 valence electrons. The van der Waals surface area contributed by atoms with Crippen LogP contribution in [0.3, 0.4) is 0 Å². The molecular weight excluding hydrogens is 325 g/mol. The van der Waals surface area contributed by atoms with Crippen molar-refractivity contribution in [3.8, 4) is 0 Å². The van der Waals surface area contributed by atoms with E-state index in [2.05, 4.69) is 5.32 Å². The summed E-state index contributed by atoms with van der Waals surface area (Å²) < 4.78 is 38.3. The summed E-state index contributed by atoms with van der Waals surface area (Å²) in [7, 11) is 0. The summed E-state index contributed by atoms with van der Waals surface area (Å²) in [5, 5.41) is 12.9. The minimum Gasteiger partial charge on any atom is -0.387 e. The molecule has 1 heterocycles. The van der Waals surface area contributed by atoms with Crippen LogP contribution < -0.4 is 5.32 Å². The third kappa shape index (κ3) is 2.86. The maximum absolute atomic E-state index is 12.8. The molecule has 1 aliphatic carbocycles. The molecule has 1 spiro atoms. The number of nitrogens with zero attached hydrogens (tertiary/aromatic N) is 1. The number of carbonyl (C=O) groups excluding carboxylic acids is 2. The van der Waals surface area contributed by atoms with E-state index in [1.165, 1.54) is 12.1 Å². The minimum absolute atomic E-state index is 0.0118. The largest absolute Gasteiger partial charge is 0.416 e. The van der Waals surface area contributed by atoms with Crippen molar-refractivity contribution in [1.29, 1.82) is 0 Å². The van der Waals surface area contributed by atoms with Gasteiger partial charge in [-0.05, 0) is 30.5 Å². The fraction of sp³-hybridized carbons (Fsp3) is 0.500. The van der Waals surface area contributed by atoms with Crippen LogP contribution in [0.2, 0.25) is 0 Å². The third-order valence-corrected chi connectivity index (χ3v) is 4.66. The lowest BCUT2D eigenvalue weighted by Gasteiger charge is -2.22. The first-order chi connectivity index (χ1) is 11.2. The fourth-order valence-corrected chi connectivity index (χ4v) is 3.36. The molecule has 1 aromatic carbocycles. The molecule has 8 heteroatoms. The number of alkyl halides is 3. The van der Waals surface area contributed by atoms with Crippen molar-refractivity contribution in [2.24, 2.45) is 0 Å². The molecule has 3 rings (SSSR count). The summed E-state index contributed by atoms with van der Waals surface area (Å²) in [4.78, 5) is 25.4. The Hall–Kier alpha value is -2.09. The van der Waals surface area contributed by atoms with Crippen LogP contribution in [-0.2, 0) is 11.0 Å². The molecule has 24 heavy (non-hydrogen) atoms. The number of amides is 3. The molecule has 0 bridgehead atoms. The van der Waals surface area contributed by atoms with Crippen LogP contribution in [-0.4, -0.2) is 34.0 Å². The average Bonchev–Trinajstić information content (AvgIpc) is 3.08. The predicted octanol–water partition coefficient (Wildman–Crippen LogP) is 2.60. The van der Waals surface area contributed by atoms with E-state index in [1.54, 1.807) is 0 Å². The summed E-state index contributed by atoms with van der Waals surface area (Å²) in [6.45, 7) is -0.367. The Balaban J connectivity index is 1.76. The molecule has 1 saturated carbocycles. The summed E-state index contributed by atoms with van der Waals surface area (Å²) in [6, 6.07) is 3.65. The van der Waals surface area contributed by atoms with E-state index in [4.69, 9.17) is 0 Å². The summed E-state index contributed by atoms with van der Waals surface area (Å²) in [6.07, 6.45) is -3.14. The van der Waals surface area contributed by atoms with Crippen molar-refractivity contribution < 1.29 is 27.9 Å². The highest BCUT2D eigenvalue weighted by Crippen LogP contribution is 2.36. The Morgan fingerprint density at radius 2 is 1.92 bits per heavy atom. The lowest BCUT2D eigenvalue weighted by atomic mass is 9.98. The lowest BCUT2D eigenvalue weighted by Crippen LogP contribution is -2.44. The average molecular weight is 342 g/mol. The van der Waals surface area contributed by atoms with Gasteiger partial charge in [-0.1, -0.05) is 25.0 Å². The molecule has 1 aliphatic heterocycles. The minimum atomic E-state index is -4.52. The summed E-state index contributed by atoms with van der Waals surface area (Å²) in [5.74, 6) is -0.406. The first kappa shape index (κ1) is 16.8. The van der Waals surface area contributed by atoms with Crippen LogP contribution in [0.5, 0.6) is 0 Å². The standard InChI is InChI=1S/C16H17F3N2O3/c17-16(18,19)11-5-3-4-10(8-11)12(22)9-21-13(23)15(20-14(21)24)6-1-2-7-15/h3-5,8,12,22H,1-2,6-7,9H2,(H,20,24)/t12-/m1/s1. The van der Waals surface area contributed by atoms with Gasteiger partial charge in [0.05, 0.1) is 18.2 Å². The number of aliphatic hydroxyl groups excluding tert-OH is 1. The third-order valence-electron chi connectivity index (χ3n) is 4.66. The van der Waals surface area contributed by atoms with Crippen molar-refractivity contribution in [1.82, 2.24) is 10.2 Å². The highest BCUT2D eigenvalue weighted by Gasteiger charge is 2.52. The maximum Gasteiger partial charge on any atom is 0.416 e. The maximum atomic E-state index is 12.8. The van der Waals surface area contributed by atoms with Crippen LogP contribution in [0, 0.1) is 0 Å². The van der Waals surface area contributed by atoms with Crippen LogP contribution in [0.25, 0.3) is 0 Å². The lowest BCUT2D eigenvalue weighted by molar-refractivity contribution is -0.138. The SMILES string of the molecule is O=C1NC2(CCCC2)C(=O)N1C[C@@H](O)c1cccc(C(F)(F)F)c1. The summed E-state index contributed by atoms with van der Waals surface area (Å²) >= 11 is 0. The Kier molecular flexibility index (Phi) is 4.03. The number of imide groups is 1. The van der Waals surface area contributed by atoms with Gasteiger partial charge in [-0.3, -0.25) is 9.69 Å². The molecule has 2 aliphatic rings. The Morgan fingerprint density at radius 1 is 1.25 bits per heavy atom. The number of halogens is 3. The monoisotopic (exact) mass is 342 g/mol. The van der Waals surface area contributed by atoms with E-state index in [-0.39, 0.29) is 12.1 Å². The second-order valence-corrected chi connectivity index (χ2v) is 6.27. The topological polar surface area (TPSA) is 69.6 Å². The zero-order chi connectivity index (χ0) is 17.5. The number of urea groups is 1. The number of carbonyl (C=O) groups is 2. The number of β-amino-alcohol motifs (C(OH)–C–C–N with tert-alkyl or cyclic N) is 1. The van der Waals surface area contributed by atoms with Gasteiger partial charge in [0, 0.05) is 0 Å². The number of hydrogen-bond donors (Lipinski definition) is 2. The van der Waals surface area contributed by atoms with Gasteiger partial charge < -0.3 is 10.4 Å². The van der Waals surface area contributed by atoms with Crippen molar-refractivity contribution in [3.05, 3.63) is 35.4 Å². The molecule has 0 aromatic heterocycles. The second kappa shape index (κ2) is 5.77. The Labute approximate surface area is 136 Å². The van der Waals surface area contributed by atoms with Gasteiger partial charge in [0.15, 0.2) is 0 Å². The quantitative estimate of drug-likeness (QED) is 0.830. The van der Waals surface area contributed by atoms with E-state index in [0.29, 0.717) is 12.8 Å². The first-order valence-electron chi connectivity index (χ1n) is 7.72. The molecule has 1 atom stereocenters. The highest BCUT2D eigenvalue weighted by atomic mass is 19.4. The zero-order valence-electron chi connectivity index (χ0n) is 12.8. The van der Waals surface area contributed by atoms with Crippen LogP contribution in [0.1, 0.15) is 42.9 Å². The van der Waals surface area contributed by atoms with Gasteiger partial charge in [-0.2, -0.15) is 13.2 Å². The van der Waals surface area contributed by atoms with E-state index in [9.17, 15) is 27.9 Å². The van der Waals surface area contributed by atoms with Crippen LogP contribution in [0.15, 0.2) is 24.3 Å². The van der Waals surface area contributed by atoms with E-state index < -0.39 is 35.3 Å². The molecule has 0 radical (unpaired) electrons. The Bertz CT molecular complexity index is 669. The van der Waals surface area contributed by atoms with Gasteiger partial charge in [0.25, 0.3) is 5.91 Å². The van der Waals surface area contributed by atoms with Gasteiger partial charge in [0.2, 0.25) is 0 Å². The second-order valence-electron chi connectivity index (χ2n) is 6.27. The van der Waals surface area contributed by atoms with E-state index in [0.717, 1.165) is 29.9 Å². The van der Waals surface area contributed by atoms with E-state index >= 15 is 0 Å². The Morgan fingerprint density at radius 3 is 2.54 bits per heavy atom. The molecule has 1 aromatic rings. The smallest absolute Gasteiger partial charge is 0.387 e. The van der Waals surface area contributed by atoms with Gasteiger partial charge in [-0.15, -0.1) is 0 Å². The fourth-order valence-electron chi connectivity index (χ4n) is 3.36. The number of hydrogen-bond acceptors (Lipinski definition) is 3. The van der Waals surface area contributed by atoms with E-state index in [1.807, 2.05) is 0 Å². The van der Waals surface area contributed by atoms with Crippen LogP contribution in [0.4, 0.5) is 18.0 Å². The van der Waals surface area contributed by atoms with Crippen molar-refractivity contribution in [3.63, 3.8) is 0 Å².